The molecule has 2 aromatic rings. The van der Waals surface area contributed by atoms with E-state index in [0.29, 0.717) is 61.7 Å². The van der Waals surface area contributed by atoms with E-state index in [-0.39, 0.29) is 6.03 Å². The average Bonchev–Trinajstić information content (AvgIpc) is 2.77. The number of amides is 2. The van der Waals surface area contributed by atoms with Crippen LogP contribution in [0.5, 0.6) is 17.4 Å². The molecule has 1 aliphatic heterocycles. The normalized spacial score (nSPS) is 13.7. The Hall–Kier alpha value is -3.23. The molecule has 0 spiro atoms. The number of anilines is 2. The van der Waals surface area contributed by atoms with Crippen LogP contribution in [0.3, 0.4) is 0 Å². The number of nitrogens with zero attached hydrogens (tertiary/aromatic N) is 4. The molecule has 3 rings (SSSR count). The third kappa shape index (κ3) is 5.22. The van der Waals surface area contributed by atoms with Crippen LogP contribution >= 0.6 is 0 Å². The van der Waals surface area contributed by atoms with Crippen molar-refractivity contribution in [3.8, 4) is 17.4 Å². The number of aryl methyl sites for hydroxylation is 1. The van der Waals surface area contributed by atoms with Gasteiger partial charge in [-0.05, 0) is 25.5 Å². The standard InChI is InChI=1S/C21H29N5O4/c1-5-12-30-20-14-19(22-15(2)23-20)25-8-10-26(11-9-25)21(27)24-17-13-16(28-3)6-7-18(17)29-4/h6-7,13-14H,5,8-12H2,1-4H3,(H,24,27). The highest BCUT2D eigenvalue weighted by atomic mass is 16.5. The van der Waals surface area contributed by atoms with Crippen LogP contribution in [0, 0.1) is 6.92 Å². The van der Waals surface area contributed by atoms with E-state index in [2.05, 4.69) is 27.1 Å². The van der Waals surface area contributed by atoms with Gasteiger partial charge in [0.25, 0.3) is 0 Å². The van der Waals surface area contributed by atoms with Gasteiger partial charge in [0.05, 0.1) is 26.5 Å². The number of hydrogen-bond acceptors (Lipinski definition) is 7. The number of carbonyl (C=O) groups excluding carboxylic acids is 1. The average molecular weight is 415 g/mol. The number of hydrogen-bond donors (Lipinski definition) is 1. The molecule has 0 radical (unpaired) electrons. The summed E-state index contributed by atoms with van der Waals surface area (Å²) in [6.07, 6.45) is 0.921. The topological polar surface area (TPSA) is 89.1 Å². The van der Waals surface area contributed by atoms with Crippen molar-refractivity contribution in [1.29, 1.82) is 0 Å². The lowest BCUT2D eigenvalue weighted by Crippen LogP contribution is -2.50. The number of benzene rings is 1. The molecule has 1 aromatic carbocycles. The van der Waals surface area contributed by atoms with Crippen LogP contribution in [0.25, 0.3) is 0 Å². The van der Waals surface area contributed by atoms with Gasteiger partial charge < -0.3 is 29.3 Å². The van der Waals surface area contributed by atoms with E-state index < -0.39 is 0 Å². The van der Waals surface area contributed by atoms with Crippen molar-refractivity contribution >= 4 is 17.5 Å². The molecule has 30 heavy (non-hydrogen) atoms. The van der Waals surface area contributed by atoms with Crippen molar-refractivity contribution < 1.29 is 19.0 Å². The lowest BCUT2D eigenvalue weighted by atomic mass is 10.2. The minimum atomic E-state index is -0.174. The lowest BCUT2D eigenvalue weighted by Gasteiger charge is -2.35. The Morgan fingerprint density at radius 3 is 2.53 bits per heavy atom. The largest absolute Gasteiger partial charge is 0.497 e. The van der Waals surface area contributed by atoms with E-state index in [1.807, 2.05) is 13.0 Å². The van der Waals surface area contributed by atoms with Crippen molar-refractivity contribution in [2.75, 3.05) is 57.2 Å². The molecule has 1 aliphatic rings. The zero-order chi connectivity index (χ0) is 21.5. The number of carbonyl (C=O) groups is 1. The monoisotopic (exact) mass is 415 g/mol. The Morgan fingerprint density at radius 1 is 1.10 bits per heavy atom. The Morgan fingerprint density at radius 2 is 1.87 bits per heavy atom. The molecule has 9 heteroatoms. The molecule has 0 saturated carbocycles. The number of piperazine rings is 1. The van der Waals surface area contributed by atoms with Crippen LogP contribution in [0.1, 0.15) is 19.2 Å². The molecule has 0 unspecified atom stereocenters. The number of urea groups is 1. The van der Waals surface area contributed by atoms with Crippen LogP contribution in [0.15, 0.2) is 24.3 Å². The van der Waals surface area contributed by atoms with Gasteiger partial charge in [0.1, 0.15) is 23.1 Å². The van der Waals surface area contributed by atoms with Crippen LogP contribution in [0.4, 0.5) is 16.3 Å². The Labute approximate surface area is 177 Å². The van der Waals surface area contributed by atoms with E-state index in [1.165, 1.54) is 0 Å². The number of methoxy groups -OCH3 is 2. The number of ether oxygens (including phenoxy) is 3. The maximum absolute atomic E-state index is 12.8. The molecule has 0 bridgehead atoms. The SMILES string of the molecule is CCCOc1cc(N2CCN(C(=O)Nc3cc(OC)ccc3OC)CC2)nc(C)n1. The number of nitrogens with one attached hydrogen (secondary N) is 1. The molecule has 2 heterocycles. The summed E-state index contributed by atoms with van der Waals surface area (Å²) >= 11 is 0. The maximum Gasteiger partial charge on any atom is 0.322 e. The minimum absolute atomic E-state index is 0.174. The van der Waals surface area contributed by atoms with Crippen LogP contribution < -0.4 is 24.4 Å². The summed E-state index contributed by atoms with van der Waals surface area (Å²) in [5.74, 6) is 3.31. The fraction of sp³-hybridized carbons (Fsp3) is 0.476. The summed E-state index contributed by atoms with van der Waals surface area (Å²) in [5, 5.41) is 2.92. The van der Waals surface area contributed by atoms with Crippen molar-refractivity contribution in [2.24, 2.45) is 0 Å². The van der Waals surface area contributed by atoms with Gasteiger partial charge in [0.2, 0.25) is 5.88 Å². The molecule has 1 aromatic heterocycles. The minimum Gasteiger partial charge on any atom is -0.497 e. The third-order valence-corrected chi connectivity index (χ3v) is 4.79. The first-order valence-corrected chi connectivity index (χ1v) is 10.1. The number of aromatic nitrogens is 2. The predicted octanol–water partition coefficient (Wildman–Crippen LogP) is 2.95. The van der Waals surface area contributed by atoms with E-state index in [0.717, 1.165) is 12.2 Å². The second kappa shape index (κ2) is 10.00. The van der Waals surface area contributed by atoms with Gasteiger partial charge in [-0.25, -0.2) is 9.78 Å². The molecule has 0 atom stereocenters. The zero-order valence-electron chi connectivity index (χ0n) is 18.0. The van der Waals surface area contributed by atoms with Crippen LogP contribution in [-0.2, 0) is 0 Å². The van der Waals surface area contributed by atoms with Crippen LogP contribution in [-0.4, -0.2) is 67.9 Å². The van der Waals surface area contributed by atoms with E-state index in [1.54, 1.807) is 37.3 Å². The van der Waals surface area contributed by atoms with E-state index in [4.69, 9.17) is 14.2 Å². The predicted molar refractivity (Wildman–Crippen MR) is 115 cm³/mol. The van der Waals surface area contributed by atoms with Gasteiger partial charge in [0, 0.05) is 38.3 Å². The smallest absolute Gasteiger partial charge is 0.322 e. The first-order chi connectivity index (χ1) is 14.5. The summed E-state index contributed by atoms with van der Waals surface area (Å²) in [6, 6.07) is 6.98. The van der Waals surface area contributed by atoms with Gasteiger partial charge in [0.15, 0.2) is 0 Å². The van der Waals surface area contributed by atoms with E-state index >= 15 is 0 Å². The molecule has 2 amide bonds. The number of rotatable bonds is 7. The quantitative estimate of drug-likeness (QED) is 0.744. The summed E-state index contributed by atoms with van der Waals surface area (Å²) in [4.78, 5) is 25.5. The van der Waals surface area contributed by atoms with Gasteiger partial charge in [-0.15, -0.1) is 0 Å². The third-order valence-electron chi connectivity index (χ3n) is 4.79. The van der Waals surface area contributed by atoms with Crippen molar-refractivity contribution in [3.05, 3.63) is 30.1 Å². The van der Waals surface area contributed by atoms with Crippen molar-refractivity contribution in [1.82, 2.24) is 14.9 Å². The Kier molecular flexibility index (Phi) is 7.16. The second-order valence-corrected chi connectivity index (χ2v) is 6.93. The highest BCUT2D eigenvalue weighted by molar-refractivity contribution is 5.91. The molecule has 1 fully saturated rings. The molecule has 9 nitrogen and oxygen atoms in total. The summed E-state index contributed by atoms with van der Waals surface area (Å²) in [7, 11) is 3.15. The van der Waals surface area contributed by atoms with Gasteiger partial charge in [-0.1, -0.05) is 6.92 Å². The molecule has 1 saturated heterocycles. The second-order valence-electron chi connectivity index (χ2n) is 6.93. The highest BCUT2D eigenvalue weighted by Crippen LogP contribution is 2.29. The van der Waals surface area contributed by atoms with Crippen molar-refractivity contribution in [2.45, 2.75) is 20.3 Å². The molecular weight excluding hydrogens is 386 g/mol. The van der Waals surface area contributed by atoms with Crippen molar-refractivity contribution in [3.63, 3.8) is 0 Å². The molecule has 0 aliphatic carbocycles. The van der Waals surface area contributed by atoms with Gasteiger partial charge in [-0.3, -0.25) is 0 Å². The Bertz CT molecular complexity index is 868. The molecule has 162 valence electrons. The fourth-order valence-electron chi connectivity index (χ4n) is 3.21. The first kappa shape index (κ1) is 21.5. The Balaban J connectivity index is 1.62. The summed E-state index contributed by atoms with van der Waals surface area (Å²) in [5.41, 5.74) is 0.577. The molecular formula is C21H29N5O4. The zero-order valence-corrected chi connectivity index (χ0v) is 18.0. The lowest BCUT2D eigenvalue weighted by molar-refractivity contribution is 0.208. The molecule has 1 N–H and O–H groups in total. The summed E-state index contributed by atoms with van der Waals surface area (Å²) in [6.45, 7) is 7.03. The van der Waals surface area contributed by atoms with Crippen LogP contribution in [0.2, 0.25) is 0 Å². The summed E-state index contributed by atoms with van der Waals surface area (Å²) < 4.78 is 16.2. The first-order valence-electron chi connectivity index (χ1n) is 10.1. The van der Waals surface area contributed by atoms with E-state index in [9.17, 15) is 4.79 Å². The van der Waals surface area contributed by atoms with Gasteiger partial charge >= 0.3 is 6.03 Å². The fourth-order valence-corrected chi connectivity index (χ4v) is 3.21. The maximum atomic E-state index is 12.8. The van der Waals surface area contributed by atoms with Gasteiger partial charge in [-0.2, -0.15) is 4.98 Å². The highest BCUT2D eigenvalue weighted by Gasteiger charge is 2.23.